The monoisotopic (exact) mass is 361 g/mol. The highest BCUT2D eigenvalue weighted by Gasteiger charge is 2.19. The minimum atomic E-state index is -0.925. The zero-order chi connectivity index (χ0) is 14.7. The number of rotatable bonds is 4. The third kappa shape index (κ3) is 3.48. The highest BCUT2D eigenvalue weighted by atomic mass is 79.9. The van der Waals surface area contributed by atoms with E-state index in [1.54, 1.807) is 24.3 Å². The minimum absolute atomic E-state index is 0.0648. The zero-order valence-corrected chi connectivity index (χ0v) is 12.6. The summed E-state index contributed by atoms with van der Waals surface area (Å²) in [5.74, 6) is -0.927. The fourth-order valence-corrected chi connectivity index (χ4v) is 2.23. The molecule has 0 aliphatic carbocycles. The second-order valence-corrected chi connectivity index (χ2v) is 5.42. The van der Waals surface area contributed by atoms with Gasteiger partial charge in [0.1, 0.15) is 24.0 Å². The van der Waals surface area contributed by atoms with E-state index in [0.29, 0.717) is 10.8 Å². The summed E-state index contributed by atoms with van der Waals surface area (Å²) in [5.41, 5.74) is 5.59. The topological polar surface area (TPSA) is 35.2 Å². The predicted octanol–water partition coefficient (Wildman–Crippen LogP) is 4.46. The number of benzene rings is 2. The molecule has 0 spiro atoms. The SMILES string of the molecule is NC(COc1cccc(Cl)c1)c1c(F)ccc(Br)c1F. The van der Waals surface area contributed by atoms with Gasteiger partial charge < -0.3 is 10.5 Å². The van der Waals surface area contributed by atoms with E-state index < -0.39 is 17.7 Å². The maximum Gasteiger partial charge on any atom is 0.145 e. The lowest BCUT2D eigenvalue weighted by atomic mass is 10.1. The van der Waals surface area contributed by atoms with Crippen LogP contribution in [0.4, 0.5) is 8.78 Å². The molecule has 2 aromatic rings. The number of halogens is 4. The van der Waals surface area contributed by atoms with Crippen LogP contribution in [-0.4, -0.2) is 6.61 Å². The van der Waals surface area contributed by atoms with Gasteiger partial charge in [0.15, 0.2) is 0 Å². The minimum Gasteiger partial charge on any atom is -0.492 e. The first-order valence-electron chi connectivity index (χ1n) is 5.76. The van der Waals surface area contributed by atoms with Crippen LogP contribution in [0, 0.1) is 11.6 Å². The third-order valence-electron chi connectivity index (χ3n) is 2.68. The molecule has 2 nitrogen and oxygen atoms in total. The first-order valence-corrected chi connectivity index (χ1v) is 6.93. The molecule has 106 valence electrons. The van der Waals surface area contributed by atoms with E-state index in [0.717, 1.165) is 6.07 Å². The Morgan fingerprint density at radius 1 is 1.25 bits per heavy atom. The lowest BCUT2D eigenvalue weighted by molar-refractivity contribution is 0.284. The molecular formula is C14H11BrClF2NO. The Kier molecular flexibility index (Phi) is 4.96. The molecule has 1 atom stereocenters. The molecule has 0 aromatic heterocycles. The highest BCUT2D eigenvalue weighted by Crippen LogP contribution is 2.26. The first kappa shape index (κ1) is 15.2. The van der Waals surface area contributed by atoms with E-state index in [2.05, 4.69) is 15.9 Å². The van der Waals surface area contributed by atoms with E-state index in [1.807, 2.05) is 0 Å². The summed E-state index contributed by atoms with van der Waals surface area (Å²) in [5, 5.41) is 0.510. The van der Waals surface area contributed by atoms with E-state index >= 15 is 0 Å². The summed E-state index contributed by atoms with van der Waals surface area (Å²) in [6.07, 6.45) is 0. The molecule has 0 amide bonds. The van der Waals surface area contributed by atoms with Crippen molar-refractivity contribution in [2.24, 2.45) is 5.73 Å². The van der Waals surface area contributed by atoms with Crippen molar-refractivity contribution < 1.29 is 13.5 Å². The normalized spacial score (nSPS) is 12.2. The van der Waals surface area contributed by atoms with Gasteiger partial charge in [-0.2, -0.15) is 0 Å². The van der Waals surface area contributed by atoms with Crippen LogP contribution in [0.1, 0.15) is 11.6 Å². The van der Waals surface area contributed by atoms with Crippen molar-refractivity contribution in [1.82, 2.24) is 0 Å². The molecule has 2 N–H and O–H groups in total. The van der Waals surface area contributed by atoms with Gasteiger partial charge in [0.05, 0.1) is 10.5 Å². The molecule has 2 rings (SSSR count). The molecule has 0 saturated heterocycles. The van der Waals surface area contributed by atoms with Crippen molar-refractivity contribution >= 4 is 27.5 Å². The third-order valence-corrected chi connectivity index (χ3v) is 3.52. The van der Waals surface area contributed by atoms with Crippen LogP contribution in [0.5, 0.6) is 5.75 Å². The second-order valence-electron chi connectivity index (χ2n) is 4.13. The fourth-order valence-electron chi connectivity index (χ4n) is 1.71. The van der Waals surface area contributed by atoms with Crippen molar-refractivity contribution in [1.29, 1.82) is 0 Å². The molecule has 0 bridgehead atoms. The van der Waals surface area contributed by atoms with Gasteiger partial charge in [0.25, 0.3) is 0 Å². The van der Waals surface area contributed by atoms with Gasteiger partial charge in [0.2, 0.25) is 0 Å². The van der Waals surface area contributed by atoms with Gasteiger partial charge in [-0.05, 0) is 46.3 Å². The van der Waals surface area contributed by atoms with Gasteiger partial charge in [-0.15, -0.1) is 0 Å². The summed E-state index contributed by atoms with van der Waals surface area (Å²) in [6.45, 7) is -0.0648. The average molecular weight is 363 g/mol. The van der Waals surface area contributed by atoms with Crippen molar-refractivity contribution in [2.75, 3.05) is 6.61 Å². The Bertz CT molecular complexity index is 624. The molecule has 0 heterocycles. The molecule has 0 aliphatic rings. The van der Waals surface area contributed by atoms with Crippen LogP contribution >= 0.6 is 27.5 Å². The highest BCUT2D eigenvalue weighted by molar-refractivity contribution is 9.10. The Morgan fingerprint density at radius 3 is 2.70 bits per heavy atom. The molecular weight excluding hydrogens is 352 g/mol. The summed E-state index contributed by atoms with van der Waals surface area (Å²) in [4.78, 5) is 0. The van der Waals surface area contributed by atoms with Crippen LogP contribution in [-0.2, 0) is 0 Å². The molecule has 20 heavy (non-hydrogen) atoms. The second kappa shape index (κ2) is 6.52. The van der Waals surface area contributed by atoms with Crippen LogP contribution in [0.3, 0.4) is 0 Å². The van der Waals surface area contributed by atoms with E-state index in [4.69, 9.17) is 22.1 Å². The summed E-state index contributed by atoms with van der Waals surface area (Å²) >= 11 is 8.81. The van der Waals surface area contributed by atoms with Crippen molar-refractivity contribution in [3.8, 4) is 5.75 Å². The molecule has 0 aliphatic heterocycles. The molecule has 0 radical (unpaired) electrons. The standard InChI is InChI=1S/C14H11BrClF2NO/c15-10-4-5-11(17)13(14(10)18)12(19)7-20-9-3-1-2-8(16)6-9/h1-6,12H,7,19H2. The smallest absolute Gasteiger partial charge is 0.145 e. The summed E-state index contributed by atoms with van der Waals surface area (Å²) < 4.78 is 33.1. The predicted molar refractivity (Wildman–Crippen MR) is 77.9 cm³/mol. The Labute approximate surface area is 128 Å². The molecule has 1 unspecified atom stereocenters. The quantitative estimate of drug-likeness (QED) is 0.815. The van der Waals surface area contributed by atoms with Gasteiger partial charge in [-0.3, -0.25) is 0 Å². The Balaban J connectivity index is 2.13. The van der Waals surface area contributed by atoms with Crippen LogP contribution < -0.4 is 10.5 Å². The van der Waals surface area contributed by atoms with E-state index in [9.17, 15) is 8.78 Å². The van der Waals surface area contributed by atoms with Crippen molar-refractivity contribution in [3.63, 3.8) is 0 Å². The van der Waals surface area contributed by atoms with Gasteiger partial charge in [-0.1, -0.05) is 17.7 Å². The van der Waals surface area contributed by atoms with Crippen molar-refractivity contribution in [3.05, 3.63) is 63.1 Å². The molecule has 0 fully saturated rings. The largest absolute Gasteiger partial charge is 0.492 e. The lowest BCUT2D eigenvalue weighted by Gasteiger charge is -2.16. The maximum absolute atomic E-state index is 13.9. The lowest BCUT2D eigenvalue weighted by Crippen LogP contribution is -2.22. The number of hydrogen-bond donors (Lipinski definition) is 1. The molecule has 2 aromatic carbocycles. The van der Waals surface area contributed by atoms with E-state index in [1.165, 1.54) is 6.07 Å². The number of ether oxygens (including phenoxy) is 1. The Morgan fingerprint density at radius 2 is 2.00 bits per heavy atom. The van der Waals surface area contributed by atoms with Crippen LogP contribution in [0.15, 0.2) is 40.9 Å². The Hall–Kier alpha value is -1.17. The first-order chi connectivity index (χ1) is 9.49. The molecule has 0 saturated carbocycles. The molecule has 6 heteroatoms. The fraction of sp³-hybridized carbons (Fsp3) is 0.143. The number of hydrogen-bond acceptors (Lipinski definition) is 2. The summed E-state index contributed by atoms with van der Waals surface area (Å²) in [6, 6.07) is 8.21. The van der Waals surface area contributed by atoms with Gasteiger partial charge >= 0.3 is 0 Å². The van der Waals surface area contributed by atoms with Gasteiger partial charge in [0, 0.05) is 10.6 Å². The number of nitrogens with two attached hydrogens (primary N) is 1. The van der Waals surface area contributed by atoms with E-state index in [-0.39, 0.29) is 16.6 Å². The summed E-state index contributed by atoms with van der Waals surface area (Å²) in [7, 11) is 0. The van der Waals surface area contributed by atoms with Crippen molar-refractivity contribution in [2.45, 2.75) is 6.04 Å². The van der Waals surface area contributed by atoms with Gasteiger partial charge in [-0.25, -0.2) is 8.78 Å². The average Bonchev–Trinajstić information content (AvgIpc) is 2.41. The maximum atomic E-state index is 13.9. The zero-order valence-electron chi connectivity index (χ0n) is 10.2. The van der Waals surface area contributed by atoms with Crippen LogP contribution in [0.25, 0.3) is 0 Å². The van der Waals surface area contributed by atoms with Crippen LogP contribution in [0.2, 0.25) is 5.02 Å².